The van der Waals surface area contributed by atoms with Gasteiger partial charge in [0.2, 0.25) is 10.0 Å². The lowest BCUT2D eigenvalue weighted by molar-refractivity contribution is 0.504. The van der Waals surface area contributed by atoms with E-state index in [-0.39, 0.29) is 11.4 Å². The number of benzene rings is 1. The number of terminal acetylenes is 1. The average molecular weight is 273 g/mol. The van der Waals surface area contributed by atoms with Gasteiger partial charge >= 0.3 is 0 Å². The minimum atomic E-state index is -3.80. The van der Waals surface area contributed by atoms with Crippen molar-refractivity contribution in [3.05, 3.63) is 29.8 Å². The van der Waals surface area contributed by atoms with Gasteiger partial charge in [-0.3, -0.25) is 0 Å². The van der Waals surface area contributed by atoms with Gasteiger partial charge in [-0.15, -0.1) is 12.3 Å². The largest absolute Gasteiger partial charge is 0.240 e. The number of hydrogen-bond acceptors (Lipinski definition) is 2. The van der Waals surface area contributed by atoms with E-state index in [0.717, 1.165) is 12.1 Å². The molecule has 1 aromatic rings. The molecule has 0 radical (unpaired) electrons. The van der Waals surface area contributed by atoms with Gasteiger partial charge in [-0.25, -0.2) is 21.9 Å². The first-order chi connectivity index (χ1) is 8.47. The first-order valence-corrected chi connectivity index (χ1v) is 6.84. The van der Waals surface area contributed by atoms with Gasteiger partial charge < -0.3 is 0 Å². The van der Waals surface area contributed by atoms with Crippen LogP contribution in [0.3, 0.4) is 0 Å². The number of unbranched alkanes of at least 4 members (excludes halogenated alkanes) is 2. The van der Waals surface area contributed by atoms with Gasteiger partial charge in [0.1, 0.15) is 0 Å². The van der Waals surface area contributed by atoms with Crippen molar-refractivity contribution in [3.8, 4) is 12.3 Å². The van der Waals surface area contributed by atoms with Crippen LogP contribution in [0.4, 0.5) is 8.78 Å². The molecule has 98 valence electrons. The lowest BCUT2D eigenvalue weighted by Crippen LogP contribution is -2.25. The highest BCUT2D eigenvalue weighted by Crippen LogP contribution is 2.13. The minimum Gasteiger partial charge on any atom is -0.211 e. The van der Waals surface area contributed by atoms with E-state index in [1.54, 1.807) is 0 Å². The van der Waals surface area contributed by atoms with Crippen LogP contribution >= 0.6 is 0 Å². The van der Waals surface area contributed by atoms with E-state index in [9.17, 15) is 17.2 Å². The minimum absolute atomic E-state index is 0.211. The fourth-order valence-electron chi connectivity index (χ4n) is 1.29. The van der Waals surface area contributed by atoms with Crippen LogP contribution < -0.4 is 4.72 Å². The molecular formula is C12H13F2NO2S. The molecule has 0 bridgehead atoms. The summed E-state index contributed by atoms with van der Waals surface area (Å²) in [6, 6.07) is 2.45. The van der Waals surface area contributed by atoms with Crippen molar-refractivity contribution in [2.24, 2.45) is 0 Å². The van der Waals surface area contributed by atoms with Crippen LogP contribution in [0.2, 0.25) is 0 Å². The third kappa shape index (κ3) is 4.09. The molecule has 0 saturated heterocycles. The van der Waals surface area contributed by atoms with Gasteiger partial charge in [-0.2, -0.15) is 0 Å². The molecule has 0 aromatic heterocycles. The van der Waals surface area contributed by atoms with Crippen LogP contribution in [0.5, 0.6) is 0 Å². The number of sulfonamides is 1. The highest BCUT2D eigenvalue weighted by atomic mass is 32.2. The standard InChI is InChI=1S/C12H13F2NO2S/c1-2-3-4-5-8-15-18(16,17)10-6-7-11(13)12(14)9-10/h1,6-7,9,15H,3-5,8H2. The second kappa shape index (κ2) is 6.47. The molecule has 0 spiro atoms. The van der Waals surface area contributed by atoms with E-state index in [4.69, 9.17) is 6.42 Å². The Morgan fingerprint density at radius 2 is 1.94 bits per heavy atom. The molecule has 0 amide bonds. The molecule has 0 aliphatic heterocycles. The van der Waals surface area contributed by atoms with Gasteiger partial charge in [-0.05, 0) is 31.0 Å². The van der Waals surface area contributed by atoms with Crippen molar-refractivity contribution in [1.29, 1.82) is 0 Å². The molecule has 0 heterocycles. The molecule has 1 aromatic carbocycles. The van der Waals surface area contributed by atoms with Crippen molar-refractivity contribution in [3.63, 3.8) is 0 Å². The molecule has 18 heavy (non-hydrogen) atoms. The molecule has 1 rings (SSSR count). The smallest absolute Gasteiger partial charge is 0.211 e. The summed E-state index contributed by atoms with van der Waals surface area (Å²) in [6.45, 7) is 0.211. The fraction of sp³-hybridized carbons (Fsp3) is 0.333. The molecule has 0 aliphatic carbocycles. The molecule has 0 fully saturated rings. The van der Waals surface area contributed by atoms with Crippen LogP contribution in [-0.4, -0.2) is 15.0 Å². The Labute approximate surface area is 105 Å². The van der Waals surface area contributed by atoms with Gasteiger partial charge in [0.05, 0.1) is 4.90 Å². The summed E-state index contributed by atoms with van der Waals surface area (Å²) >= 11 is 0. The Morgan fingerprint density at radius 3 is 2.56 bits per heavy atom. The van der Waals surface area contributed by atoms with Crippen molar-refractivity contribution < 1.29 is 17.2 Å². The lowest BCUT2D eigenvalue weighted by Gasteiger charge is -2.06. The van der Waals surface area contributed by atoms with E-state index in [1.807, 2.05) is 0 Å². The summed E-state index contributed by atoms with van der Waals surface area (Å²) in [5.41, 5.74) is 0. The Kier molecular flexibility index (Phi) is 5.25. The zero-order valence-corrected chi connectivity index (χ0v) is 10.4. The number of halogens is 2. The van der Waals surface area contributed by atoms with Crippen molar-refractivity contribution in [2.75, 3.05) is 6.54 Å². The summed E-state index contributed by atoms with van der Waals surface area (Å²) in [4.78, 5) is -0.293. The monoisotopic (exact) mass is 273 g/mol. The molecule has 6 heteroatoms. The normalized spacial score (nSPS) is 11.2. The lowest BCUT2D eigenvalue weighted by atomic mass is 10.2. The predicted molar refractivity (Wildman–Crippen MR) is 64.2 cm³/mol. The molecule has 3 nitrogen and oxygen atoms in total. The van der Waals surface area contributed by atoms with E-state index < -0.39 is 21.7 Å². The van der Waals surface area contributed by atoms with Crippen LogP contribution in [0, 0.1) is 24.0 Å². The molecule has 1 N–H and O–H groups in total. The maximum atomic E-state index is 12.9. The van der Waals surface area contributed by atoms with Gasteiger partial charge in [-0.1, -0.05) is 0 Å². The summed E-state index contributed by atoms with van der Waals surface area (Å²) < 4.78 is 51.2. The van der Waals surface area contributed by atoms with E-state index in [0.29, 0.717) is 25.3 Å². The molecule has 0 atom stereocenters. The van der Waals surface area contributed by atoms with E-state index in [1.165, 1.54) is 0 Å². The van der Waals surface area contributed by atoms with Crippen LogP contribution in [0.25, 0.3) is 0 Å². The zero-order valence-electron chi connectivity index (χ0n) is 9.62. The Bertz CT molecular complexity index is 550. The van der Waals surface area contributed by atoms with E-state index >= 15 is 0 Å². The van der Waals surface area contributed by atoms with Gasteiger partial charge in [0.15, 0.2) is 11.6 Å². The topological polar surface area (TPSA) is 46.2 Å². The summed E-state index contributed by atoms with van der Waals surface area (Å²) in [7, 11) is -3.80. The predicted octanol–water partition coefficient (Wildman–Crippen LogP) is 2.05. The average Bonchev–Trinajstić information content (AvgIpc) is 2.32. The number of rotatable bonds is 6. The summed E-state index contributed by atoms with van der Waals surface area (Å²) in [6.07, 6.45) is 6.92. The quantitative estimate of drug-likeness (QED) is 0.637. The second-order valence-electron chi connectivity index (χ2n) is 3.63. The third-order valence-electron chi connectivity index (χ3n) is 2.24. The van der Waals surface area contributed by atoms with Crippen molar-refractivity contribution in [2.45, 2.75) is 24.2 Å². The maximum Gasteiger partial charge on any atom is 0.240 e. The zero-order chi connectivity index (χ0) is 13.6. The van der Waals surface area contributed by atoms with E-state index in [2.05, 4.69) is 10.6 Å². The second-order valence-corrected chi connectivity index (χ2v) is 5.40. The Hall–Kier alpha value is -1.45. The highest BCUT2D eigenvalue weighted by Gasteiger charge is 2.15. The molecule has 0 unspecified atom stereocenters. The highest BCUT2D eigenvalue weighted by molar-refractivity contribution is 7.89. The molecule has 0 aliphatic rings. The number of hydrogen-bond donors (Lipinski definition) is 1. The number of nitrogens with one attached hydrogen (secondary N) is 1. The van der Waals surface area contributed by atoms with Crippen LogP contribution in [0.15, 0.2) is 23.1 Å². The maximum absolute atomic E-state index is 12.9. The van der Waals surface area contributed by atoms with Crippen LogP contribution in [-0.2, 0) is 10.0 Å². The van der Waals surface area contributed by atoms with Gasteiger partial charge in [0, 0.05) is 13.0 Å². The first-order valence-electron chi connectivity index (χ1n) is 5.35. The first kappa shape index (κ1) is 14.6. The molecule has 0 saturated carbocycles. The SMILES string of the molecule is C#CCCCCNS(=O)(=O)c1ccc(F)c(F)c1. The molecular weight excluding hydrogens is 260 g/mol. The van der Waals surface area contributed by atoms with Gasteiger partial charge in [0.25, 0.3) is 0 Å². The fourth-order valence-corrected chi connectivity index (χ4v) is 2.37. The summed E-state index contributed by atoms with van der Waals surface area (Å²) in [5.74, 6) is 0.172. The van der Waals surface area contributed by atoms with Crippen LogP contribution in [0.1, 0.15) is 19.3 Å². The third-order valence-corrected chi connectivity index (χ3v) is 3.70. The Morgan fingerprint density at radius 1 is 1.22 bits per heavy atom. The summed E-state index contributed by atoms with van der Waals surface area (Å²) in [5, 5.41) is 0. The van der Waals surface area contributed by atoms with Crippen molar-refractivity contribution in [1.82, 2.24) is 4.72 Å². The van der Waals surface area contributed by atoms with Crippen molar-refractivity contribution >= 4 is 10.0 Å². The Balaban J connectivity index is 2.63.